The molecule has 154 valence electrons. The molecule has 0 radical (unpaired) electrons. The van der Waals surface area contributed by atoms with Crippen LogP contribution in [-0.2, 0) is 4.79 Å². The third kappa shape index (κ3) is 5.69. The summed E-state index contributed by atoms with van der Waals surface area (Å²) in [4.78, 5) is 37.4. The van der Waals surface area contributed by atoms with Gasteiger partial charge in [0.05, 0.1) is 19.8 Å². The molecule has 0 aliphatic carbocycles. The van der Waals surface area contributed by atoms with Crippen molar-refractivity contribution in [2.75, 3.05) is 38.7 Å². The maximum atomic E-state index is 12.5. The molecule has 1 aliphatic heterocycles. The van der Waals surface area contributed by atoms with Gasteiger partial charge in [0.25, 0.3) is 17.1 Å². The average molecular weight is 411 g/mol. The van der Waals surface area contributed by atoms with Gasteiger partial charge in [0.2, 0.25) is 5.75 Å². The third-order valence-corrected chi connectivity index (χ3v) is 4.56. The van der Waals surface area contributed by atoms with Crippen LogP contribution in [0.1, 0.15) is 31.1 Å². The number of hydrazine groups is 1. The maximum Gasteiger partial charge on any atom is 0.282 e. The van der Waals surface area contributed by atoms with Crippen molar-refractivity contribution in [1.29, 1.82) is 0 Å². The van der Waals surface area contributed by atoms with Crippen molar-refractivity contribution in [2.45, 2.75) is 20.8 Å². The lowest BCUT2D eigenvalue weighted by Crippen LogP contribution is -2.46. The summed E-state index contributed by atoms with van der Waals surface area (Å²) in [5.74, 6) is 0.825. The molecule has 2 N–H and O–H groups in total. The number of amides is 3. The molecule has 0 saturated carbocycles. The van der Waals surface area contributed by atoms with E-state index in [1.54, 1.807) is 0 Å². The minimum absolute atomic E-state index is 0.107. The van der Waals surface area contributed by atoms with Gasteiger partial charge in [-0.25, -0.2) is 0 Å². The van der Waals surface area contributed by atoms with Crippen LogP contribution in [0, 0.1) is 0 Å². The molecule has 3 amide bonds. The third-order valence-electron chi connectivity index (χ3n) is 3.67. The number of rotatable bonds is 9. The summed E-state index contributed by atoms with van der Waals surface area (Å²) in [6.45, 7) is 7.07. The second kappa shape index (κ2) is 10.6. The van der Waals surface area contributed by atoms with E-state index in [0.29, 0.717) is 49.4 Å². The molecule has 28 heavy (non-hydrogen) atoms. The van der Waals surface area contributed by atoms with Crippen molar-refractivity contribution in [3.8, 4) is 17.2 Å². The molecular weight excluding hydrogens is 386 g/mol. The van der Waals surface area contributed by atoms with E-state index in [1.165, 1.54) is 28.8 Å². The zero-order chi connectivity index (χ0) is 20.5. The SMILES string of the molecule is CCOc1cc(C(=O)NNC(=O)CN2CCSC2=O)cc(OCC)c1OCC. The number of carbonyl (C=O) groups is 3. The molecule has 1 saturated heterocycles. The molecule has 0 unspecified atom stereocenters. The van der Waals surface area contributed by atoms with Crippen molar-refractivity contribution in [3.63, 3.8) is 0 Å². The molecule has 1 aromatic rings. The van der Waals surface area contributed by atoms with Gasteiger partial charge in [-0.1, -0.05) is 11.8 Å². The first-order chi connectivity index (χ1) is 13.5. The Labute approximate surface area is 168 Å². The second-order valence-corrected chi connectivity index (χ2v) is 6.69. The van der Waals surface area contributed by atoms with Gasteiger partial charge in [0.15, 0.2) is 11.5 Å². The first-order valence-corrected chi connectivity index (χ1v) is 10.1. The average Bonchev–Trinajstić information content (AvgIpc) is 3.07. The van der Waals surface area contributed by atoms with Crippen LogP contribution in [0.25, 0.3) is 0 Å². The summed E-state index contributed by atoms with van der Waals surface area (Å²) >= 11 is 1.17. The van der Waals surface area contributed by atoms with E-state index in [9.17, 15) is 14.4 Å². The highest BCUT2D eigenvalue weighted by Crippen LogP contribution is 2.39. The fourth-order valence-electron chi connectivity index (χ4n) is 2.50. The Morgan fingerprint density at radius 2 is 1.64 bits per heavy atom. The highest BCUT2D eigenvalue weighted by atomic mass is 32.2. The van der Waals surface area contributed by atoms with Gasteiger partial charge in [0.1, 0.15) is 6.54 Å². The van der Waals surface area contributed by atoms with Gasteiger partial charge in [-0.15, -0.1) is 0 Å². The largest absolute Gasteiger partial charge is 0.490 e. The van der Waals surface area contributed by atoms with E-state index in [0.717, 1.165) is 0 Å². The first kappa shape index (κ1) is 21.7. The maximum absolute atomic E-state index is 12.5. The molecule has 9 nitrogen and oxygen atoms in total. The van der Waals surface area contributed by atoms with Crippen LogP contribution in [0.4, 0.5) is 4.79 Å². The van der Waals surface area contributed by atoms with E-state index in [4.69, 9.17) is 14.2 Å². The lowest BCUT2D eigenvalue weighted by atomic mass is 10.1. The number of nitrogens with zero attached hydrogens (tertiary/aromatic N) is 1. The molecule has 0 atom stereocenters. The molecule has 10 heteroatoms. The van der Waals surface area contributed by atoms with E-state index < -0.39 is 11.8 Å². The molecule has 2 rings (SSSR count). The number of benzene rings is 1. The Bertz CT molecular complexity index is 700. The van der Waals surface area contributed by atoms with Crippen LogP contribution in [0.2, 0.25) is 0 Å². The quantitative estimate of drug-likeness (QED) is 0.597. The van der Waals surface area contributed by atoms with Crippen LogP contribution in [0.5, 0.6) is 17.2 Å². The summed E-state index contributed by atoms with van der Waals surface area (Å²) < 4.78 is 16.7. The second-order valence-electron chi connectivity index (χ2n) is 5.64. The standard InChI is InChI=1S/C18H25N3O6S/c1-4-25-13-9-12(10-14(26-5-2)16(13)27-6-3)17(23)20-19-15(22)11-21-7-8-28-18(21)24/h9-10H,4-8,11H2,1-3H3,(H,19,22)(H,20,23). The summed E-state index contributed by atoms with van der Waals surface area (Å²) in [6.07, 6.45) is 0. The van der Waals surface area contributed by atoms with Crippen LogP contribution >= 0.6 is 11.8 Å². The molecule has 1 aliphatic rings. The Morgan fingerprint density at radius 1 is 1.04 bits per heavy atom. The smallest absolute Gasteiger partial charge is 0.282 e. The van der Waals surface area contributed by atoms with Gasteiger partial charge in [-0.2, -0.15) is 0 Å². The lowest BCUT2D eigenvalue weighted by Gasteiger charge is -2.17. The first-order valence-electron chi connectivity index (χ1n) is 9.07. The van der Waals surface area contributed by atoms with E-state index in [1.807, 2.05) is 20.8 Å². The molecule has 0 bridgehead atoms. The minimum Gasteiger partial charge on any atom is -0.490 e. The van der Waals surface area contributed by atoms with Gasteiger partial charge in [-0.3, -0.25) is 25.2 Å². The molecule has 0 spiro atoms. The van der Waals surface area contributed by atoms with Crippen LogP contribution in [-0.4, -0.2) is 60.6 Å². The van der Waals surface area contributed by atoms with Crippen LogP contribution < -0.4 is 25.1 Å². The number of thioether (sulfide) groups is 1. The zero-order valence-electron chi connectivity index (χ0n) is 16.2. The summed E-state index contributed by atoms with van der Waals surface area (Å²) in [5.41, 5.74) is 4.90. The highest BCUT2D eigenvalue weighted by molar-refractivity contribution is 8.13. The number of hydrogen-bond acceptors (Lipinski definition) is 7. The highest BCUT2D eigenvalue weighted by Gasteiger charge is 2.24. The Hall–Kier alpha value is -2.62. The number of carbonyl (C=O) groups excluding carboxylic acids is 3. The fourth-order valence-corrected chi connectivity index (χ4v) is 3.33. The van der Waals surface area contributed by atoms with Gasteiger partial charge in [0, 0.05) is 17.9 Å². The van der Waals surface area contributed by atoms with Crippen molar-refractivity contribution in [2.24, 2.45) is 0 Å². The monoisotopic (exact) mass is 411 g/mol. The molecular formula is C18H25N3O6S. The summed E-state index contributed by atoms with van der Waals surface area (Å²) in [5, 5.41) is -0.143. The van der Waals surface area contributed by atoms with Crippen molar-refractivity contribution in [1.82, 2.24) is 15.8 Å². The van der Waals surface area contributed by atoms with Gasteiger partial charge >= 0.3 is 0 Å². The van der Waals surface area contributed by atoms with Crippen molar-refractivity contribution in [3.05, 3.63) is 17.7 Å². The summed E-state index contributed by atoms with van der Waals surface area (Å²) in [6, 6.07) is 3.05. The van der Waals surface area contributed by atoms with Crippen LogP contribution in [0.3, 0.4) is 0 Å². The Morgan fingerprint density at radius 3 is 2.14 bits per heavy atom. The predicted octanol–water partition coefficient (Wildman–Crippen LogP) is 1.81. The Balaban J connectivity index is 2.08. The molecule has 1 heterocycles. The van der Waals surface area contributed by atoms with E-state index in [-0.39, 0.29) is 17.3 Å². The molecule has 0 aromatic heterocycles. The normalized spacial score (nSPS) is 13.2. The number of nitrogens with one attached hydrogen (secondary N) is 2. The fraction of sp³-hybridized carbons (Fsp3) is 0.500. The van der Waals surface area contributed by atoms with Crippen molar-refractivity contribution >= 4 is 28.8 Å². The van der Waals surface area contributed by atoms with Gasteiger partial charge < -0.3 is 19.1 Å². The van der Waals surface area contributed by atoms with Crippen LogP contribution in [0.15, 0.2) is 12.1 Å². The van der Waals surface area contributed by atoms with Crippen molar-refractivity contribution < 1.29 is 28.6 Å². The predicted molar refractivity (Wildman–Crippen MR) is 105 cm³/mol. The molecule has 1 aromatic carbocycles. The lowest BCUT2D eigenvalue weighted by molar-refractivity contribution is -0.122. The van der Waals surface area contributed by atoms with E-state index in [2.05, 4.69) is 10.9 Å². The minimum atomic E-state index is -0.541. The van der Waals surface area contributed by atoms with E-state index >= 15 is 0 Å². The number of ether oxygens (including phenoxy) is 3. The van der Waals surface area contributed by atoms with Gasteiger partial charge in [-0.05, 0) is 32.9 Å². The summed E-state index contributed by atoms with van der Waals surface area (Å²) in [7, 11) is 0. The zero-order valence-corrected chi connectivity index (χ0v) is 17.0. The molecule has 1 fully saturated rings. The number of hydrogen-bond donors (Lipinski definition) is 2. The Kier molecular flexibility index (Phi) is 8.24. The topological polar surface area (TPSA) is 106 Å².